The van der Waals surface area contributed by atoms with Crippen molar-refractivity contribution < 1.29 is 33.0 Å². The van der Waals surface area contributed by atoms with Crippen LogP contribution in [0, 0.1) is 0 Å². The van der Waals surface area contributed by atoms with E-state index >= 15 is 0 Å². The van der Waals surface area contributed by atoms with Crippen LogP contribution in [0.15, 0.2) is 41.3 Å². The molecule has 0 saturated heterocycles. The van der Waals surface area contributed by atoms with Gasteiger partial charge < -0.3 is 10.2 Å². The molecule has 0 radical (unpaired) electrons. The minimum absolute atomic E-state index is 0.0584. The number of imide groups is 1. The first-order chi connectivity index (χ1) is 11.7. The van der Waals surface area contributed by atoms with Gasteiger partial charge >= 0.3 is 5.97 Å². The molecule has 25 heavy (non-hydrogen) atoms. The van der Waals surface area contributed by atoms with Crippen LogP contribution in [-0.4, -0.2) is 36.4 Å². The van der Waals surface area contributed by atoms with Crippen LogP contribution >= 0.6 is 0 Å². The van der Waals surface area contributed by atoms with E-state index in [2.05, 4.69) is 10.0 Å². The van der Waals surface area contributed by atoms with Gasteiger partial charge in [0.05, 0.1) is 21.7 Å². The van der Waals surface area contributed by atoms with Crippen molar-refractivity contribution in [1.29, 1.82) is 0 Å². The van der Waals surface area contributed by atoms with Crippen molar-refractivity contribution in [2.24, 2.45) is 0 Å². The molecule has 128 valence electrons. The number of nitrogens with one attached hydrogen (secondary N) is 2. The number of benzene rings is 2. The summed E-state index contributed by atoms with van der Waals surface area (Å²) in [5.41, 5.74) is -0.427. The number of hydrogen-bond acceptors (Lipinski definition) is 6. The van der Waals surface area contributed by atoms with Gasteiger partial charge in [-0.3, -0.25) is 19.6 Å². The Balaban J connectivity index is 1.94. The smallest absolute Gasteiger partial charge is 0.339 e. The number of hydrogen-bond donors (Lipinski definition) is 4. The van der Waals surface area contributed by atoms with Crippen molar-refractivity contribution in [3.63, 3.8) is 0 Å². The minimum Gasteiger partial charge on any atom is -0.507 e. The molecule has 0 atom stereocenters. The average molecular weight is 362 g/mol. The number of fused-ring (bicyclic) bond motifs is 1. The summed E-state index contributed by atoms with van der Waals surface area (Å²) in [4.78, 5) is 33.7. The van der Waals surface area contributed by atoms with E-state index in [1.807, 2.05) is 0 Å². The molecule has 1 heterocycles. The van der Waals surface area contributed by atoms with E-state index in [9.17, 15) is 27.9 Å². The highest BCUT2D eigenvalue weighted by Crippen LogP contribution is 2.25. The standard InChI is InChI=1S/C15H10N2O7S/c18-12-5-7(1-3-10(12)15(21)22)17-25(23,24)8-2-4-9-11(6-8)14(20)16-13(9)19/h1-6,17-18H,(H,21,22)(H,16,19,20). The Kier molecular flexibility index (Phi) is 3.68. The molecular formula is C15H10N2O7S. The number of carboxylic acids is 1. The zero-order valence-corrected chi connectivity index (χ0v) is 13.1. The third-order valence-electron chi connectivity index (χ3n) is 3.50. The highest BCUT2D eigenvalue weighted by Gasteiger charge is 2.28. The van der Waals surface area contributed by atoms with Gasteiger partial charge in [-0.05, 0) is 30.3 Å². The van der Waals surface area contributed by atoms with E-state index in [1.54, 1.807) is 0 Å². The lowest BCUT2D eigenvalue weighted by Gasteiger charge is -2.10. The molecule has 1 aliphatic heterocycles. The summed E-state index contributed by atoms with van der Waals surface area (Å²) >= 11 is 0. The van der Waals surface area contributed by atoms with Gasteiger partial charge in [0.25, 0.3) is 21.8 Å². The van der Waals surface area contributed by atoms with Crippen LogP contribution in [0.3, 0.4) is 0 Å². The second-order valence-corrected chi connectivity index (χ2v) is 6.82. The number of aromatic hydroxyl groups is 1. The highest BCUT2D eigenvalue weighted by atomic mass is 32.2. The maximum atomic E-state index is 12.4. The number of carboxylic acid groups (broad SMARTS) is 1. The first kappa shape index (κ1) is 16.5. The Hall–Kier alpha value is -3.40. The molecule has 4 N–H and O–H groups in total. The van der Waals surface area contributed by atoms with Crippen molar-refractivity contribution in [2.75, 3.05) is 4.72 Å². The largest absolute Gasteiger partial charge is 0.507 e. The second-order valence-electron chi connectivity index (χ2n) is 5.13. The lowest BCUT2D eigenvalue weighted by atomic mass is 10.1. The number of rotatable bonds is 4. The molecule has 0 fully saturated rings. The van der Waals surface area contributed by atoms with Crippen LogP contribution in [0.2, 0.25) is 0 Å². The molecule has 2 amide bonds. The molecule has 0 saturated carbocycles. The number of amides is 2. The molecule has 1 aliphatic rings. The van der Waals surface area contributed by atoms with E-state index in [0.717, 1.165) is 24.3 Å². The van der Waals surface area contributed by atoms with Gasteiger partial charge in [0.15, 0.2) is 0 Å². The summed E-state index contributed by atoms with van der Waals surface area (Å²) in [5.74, 6) is -3.26. The number of anilines is 1. The first-order valence-electron chi connectivity index (χ1n) is 6.78. The van der Waals surface area contributed by atoms with Crippen LogP contribution < -0.4 is 10.0 Å². The second kappa shape index (κ2) is 5.60. The van der Waals surface area contributed by atoms with Gasteiger partial charge in [0.2, 0.25) is 0 Å². The van der Waals surface area contributed by atoms with Crippen molar-refractivity contribution in [3.05, 3.63) is 53.1 Å². The molecule has 0 bridgehead atoms. The summed E-state index contributed by atoms with van der Waals surface area (Å²) in [5, 5.41) is 20.5. The molecule has 10 heteroatoms. The number of carbonyl (C=O) groups is 3. The Bertz CT molecular complexity index is 1040. The Morgan fingerprint density at radius 1 is 1.00 bits per heavy atom. The predicted octanol–water partition coefficient (Wildman–Crippen LogP) is 0.775. The SMILES string of the molecule is O=C(O)c1ccc(NS(=O)(=O)c2ccc3c(c2)C(=O)NC3=O)cc1O. The van der Waals surface area contributed by atoms with Crippen LogP contribution in [0.5, 0.6) is 5.75 Å². The predicted molar refractivity (Wildman–Crippen MR) is 84.1 cm³/mol. The lowest BCUT2D eigenvalue weighted by Crippen LogP contribution is -2.19. The normalized spacial score (nSPS) is 13.3. The van der Waals surface area contributed by atoms with Crippen LogP contribution in [0.1, 0.15) is 31.1 Å². The number of aromatic carboxylic acids is 1. The topological polar surface area (TPSA) is 150 Å². The van der Waals surface area contributed by atoms with Crippen molar-refractivity contribution in [2.45, 2.75) is 4.90 Å². The summed E-state index contributed by atoms with van der Waals surface area (Å²) in [6, 6.07) is 6.60. The molecule has 0 unspecified atom stereocenters. The quantitative estimate of drug-likeness (QED) is 0.587. The Morgan fingerprint density at radius 2 is 1.68 bits per heavy atom. The summed E-state index contributed by atoms with van der Waals surface area (Å²) in [6.07, 6.45) is 0. The summed E-state index contributed by atoms with van der Waals surface area (Å²) < 4.78 is 26.9. The maximum Gasteiger partial charge on any atom is 0.339 e. The zero-order valence-electron chi connectivity index (χ0n) is 12.3. The van der Waals surface area contributed by atoms with Crippen LogP contribution in [0.4, 0.5) is 5.69 Å². The van der Waals surface area contributed by atoms with E-state index in [-0.39, 0.29) is 27.3 Å². The van der Waals surface area contributed by atoms with Crippen molar-refractivity contribution in [1.82, 2.24) is 5.32 Å². The number of carbonyl (C=O) groups excluding carboxylic acids is 2. The van der Waals surface area contributed by atoms with Gasteiger partial charge in [-0.15, -0.1) is 0 Å². The van der Waals surface area contributed by atoms with Crippen LogP contribution in [0.25, 0.3) is 0 Å². The molecule has 9 nitrogen and oxygen atoms in total. The monoisotopic (exact) mass is 362 g/mol. The minimum atomic E-state index is -4.13. The molecule has 0 aromatic heterocycles. The summed E-state index contributed by atoms with van der Waals surface area (Å²) in [6.45, 7) is 0. The Labute approximate surface area is 141 Å². The average Bonchev–Trinajstić information content (AvgIpc) is 2.81. The van der Waals surface area contributed by atoms with Gasteiger partial charge in [-0.25, -0.2) is 13.2 Å². The fraction of sp³-hybridized carbons (Fsp3) is 0. The van der Waals surface area contributed by atoms with Gasteiger partial charge in [-0.1, -0.05) is 0 Å². The first-order valence-corrected chi connectivity index (χ1v) is 8.26. The zero-order chi connectivity index (χ0) is 18.4. The molecule has 2 aromatic carbocycles. The van der Waals surface area contributed by atoms with Crippen molar-refractivity contribution >= 4 is 33.5 Å². The fourth-order valence-corrected chi connectivity index (χ4v) is 3.38. The van der Waals surface area contributed by atoms with E-state index < -0.39 is 33.6 Å². The van der Waals surface area contributed by atoms with Crippen LogP contribution in [-0.2, 0) is 10.0 Å². The third-order valence-corrected chi connectivity index (χ3v) is 4.88. The lowest BCUT2D eigenvalue weighted by molar-refractivity contribution is 0.0693. The van der Waals surface area contributed by atoms with E-state index in [1.165, 1.54) is 12.1 Å². The summed E-state index contributed by atoms with van der Waals surface area (Å²) in [7, 11) is -4.13. The number of phenols is 1. The Morgan fingerprint density at radius 3 is 2.32 bits per heavy atom. The van der Waals surface area contributed by atoms with Crippen molar-refractivity contribution in [3.8, 4) is 5.75 Å². The molecule has 0 spiro atoms. The molecule has 2 aromatic rings. The van der Waals surface area contributed by atoms with E-state index in [0.29, 0.717) is 0 Å². The van der Waals surface area contributed by atoms with E-state index in [4.69, 9.17) is 5.11 Å². The van der Waals surface area contributed by atoms with Gasteiger partial charge in [0, 0.05) is 6.07 Å². The highest BCUT2D eigenvalue weighted by molar-refractivity contribution is 7.92. The maximum absolute atomic E-state index is 12.4. The number of sulfonamides is 1. The molecular weight excluding hydrogens is 352 g/mol. The van der Waals surface area contributed by atoms with Gasteiger partial charge in [0.1, 0.15) is 11.3 Å². The molecule has 0 aliphatic carbocycles. The molecule has 3 rings (SSSR count). The fourth-order valence-electron chi connectivity index (χ4n) is 2.30. The van der Waals surface area contributed by atoms with Gasteiger partial charge in [-0.2, -0.15) is 0 Å². The third kappa shape index (κ3) is 2.90.